The van der Waals surface area contributed by atoms with E-state index in [1.807, 2.05) is 0 Å². The van der Waals surface area contributed by atoms with Crippen molar-refractivity contribution in [3.05, 3.63) is 35.7 Å². The van der Waals surface area contributed by atoms with Gasteiger partial charge in [0.2, 0.25) is 11.6 Å². The molecule has 24 heavy (non-hydrogen) atoms. The molecule has 1 aromatic carbocycles. The second-order valence-corrected chi connectivity index (χ2v) is 5.96. The first-order chi connectivity index (χ1) is 11.5. The fraction of sp³-hybridized carbons (Fsp3) is 0.556. The Kier molecular flexibility index (Phi) is 6.94. The Bertz CT molecular complexity index is 566. The van der Waals surface area contributed by atoms with E-state index in [0.29, 0.717) is 0 Å². The number of halogens is 4. The molecule has 1 aromatic rings. The van der Waals surface area contributed by atoms with Crippen LogP contribution in [0.4, 0.5) is 17.6 Å². The van der Waals surface area contributed by atoms with E-state index in [1.165, 1.54) is 18.2 Å². The molecular weight excluding hydrogens is 324 g/mol. The standard InChI is InChI=1S/C18H22F4O2/c1-2-23-15-7-8-16(18(22)17(15)21)24-11-13-5-3-12(4-6-13)9-14(20)10-19/h7-9,12-13H,2-6,10-11H2,1H3/b14-9-. The molecule has 6 heteroatoms. The molecule has 1 fully saturated rings. The van der Waals surface area contributed by atoms with E-state index in [4.69, 9.17) is 9.47 Å². The largest absolute Gasteiger partial charge is 0.491 e. The average molecular weight is 346 g/mol. The molecule has 0 spiro atoms. The molecule has 1 aliphatic rings. The third-order valence-electron chi connectivity index (χ3n) is 4.22. The van der Waals surface area contributed by atoms with Crippen LogP contribution in [0, 0.1) is 23.5 Å². The highest BCUT2D eigenvalue weighted by Gasteiger charge is 2.22. The minimum absolute atomic E-state index is 0.0386. The summed E-state index contributed by atoms with van der Waals surface area (Å²) in [6.45, 7) is 1.14. The lowest BCUT2D eigenvalue weighted by atomic mass is 9.82. The molecule has 134 valence electrons. The highest BCUT2D eigenvalue weighted by molar-refractivity contribution is 5.35. The zero-order chi connectivity index (χ0) is 17.5. The number of hydrogen-bond donors (Lipinski definition) is 0. The third-order valence-corrected chi connectivity index (χ3v) is 4.22. The van der Waals surface area contributed by atoms with Gasteiger partial charge in [-0.3, -0.25) is 0 Å². The van der Waals surface area contributed by atoms with E-state index in [-0.39, 0.29) is 36.5 Å². The summed E-state index contributed by atoms with van der Waals surface area (Å²) in [5.41, 5.74) is 0. The number of alkyl halides is 1. The van der Waals surface area contributed by atoms with Crippen LogP contribution in [0.2, 0.25) is 0 Å². The van der Waals surface area contributed by atoms with Crippen molar-refractivity contribution in [2.24, 2.45) is 11.8 Å². The number of allylic oxidation sites excluding steroid dienone is 2. The summed E-state index contributed by atoms with van der Waals surface area (Å²) < 4.78 is 63.1. The Morgan fingerprint density at radius 3 is 2.21 bits per heavy atom. The van der Waals surface area contributed by atoms with Crippen LogP contribution in [0.1, 0.15) is 32.6 Å². The maximum absolute atomic E-state index is 13.9. The molecule has 1 aliphatic carbocycles. The highest BCUT2D eigenvalue weighted by atomic mass is 19.2. The van der Waals surface area contributed by atoms with Crippen molar-refractivity contribution in [2.45, 2.75) is 32.6 Å². The minimum Gasteiger partial charge on any atom is -0.491 e. The number of benzene rings is 1. The van der Waals surface area contributed by atoms with Crippen molar-refractivity contribution in [3.63, 3.8) is 0 Å². The van der Waals surface area contributed by atoms with E-state index >= 15 is 0 Å². The van der Waals surface area contributed by atoms with Crippen LogP contribution in [0.15, 0.2) is 24.0 Å². The van der Waals surface area contributed by atoms with Crippen LogP contribution in [-0.4, -0.2) is 19.9 Å². The summed E-state index contributed by atoms with van der Waals surface area (Å²) in [4.78, 5) is 0. The highest BCUT2D eigenvalue weighted by Crippen LogP contribution is 2.32. The lowest BCUT2D eigenvalue weighted by molar-refractivity contribution is 0.186. The summed E-state index contributed by atoms with van der Waals surface area (Å²) >= 11 is 0. The average Bonchev–Trinajstić information content (AvgIpc) is 2.59. The Labute approximate surface area is 139 Å². The molecule has 0 amide bonds. The predicted octanol–water partition coefficient (Wildman–Crippen LogP) is 5.37. The van der Waals surface area contributed by atoms with Crippen LogP contribution in [-0.2, 0) is 0 Å². The second-order valence-electron chi connectivity index (χ2n) is 5.96. The number of ether oxygens (including phenoxy) is 2. The van der Waals surface area contributed by atoms with Crippen LogP contribution >= 0.6 is 0 Å². The summed E-state index contributed by atoms with van der Waals surface area (Å²) in [5, 5.41) is 0. The molecule has 2 rings (SSSR count). The Morgan fingerprint density at radius 2 is 1.67 bits per heavy atom. The first kappa shape index (κ1) is 18.6. The van der Waals surface area contributed by atoms with Crippen LogP contribution in [0.25, 0.3) is 0 Å². The van der Waals surface area contributed by atoms with Crippen molar-refractivity contribution in [2.75, 3.05) is 19.9 Å². The molecule has 0 unspecified atom stereocenters. The minimum atomic E-state index is -1.06. The summed E-state index contributed by atoms with van der Waals surface area (Å²) in [5.74, 6) is -2.87. The van der Waals surface area contributed by atoms with E-state index in [9.17, 15) is 17.6 Å². The van der Waals surface area contributed by atoms with E-state index in [0.717, 1.165) is 25.7 Å². The molecule has 0 bridgehead atoms. The molecule has 0 radical (unpaired) electrons. The molecule has 2 nitrogen and oxygen atoms in total. The zero-order valence-electron chi connectivity index (χ0n) is 13.7. The summed E-state index contributed by atoms with van der Waals surface area (Å²) in [6.07, 6.45) is 4.38. The van der Waals surface area contributed by atoms with Crippen molar-refractivity contribution < 1.29 is 27.0 Å². The van der Waals surface area contributed by atoms with Gasteiger partial charge in [-0.05, 0) is 62.7 Å². The van der Waals surface area contributed by atoms with E-state index in [2.05, 4.69) is 0 Å². The Balaban J connectivity index is 1.86. The monoisotopic (exact) mass is 346 g/mol. The fourth-order valence-corrected chi connectivity index (χ4v) is 2.92. The van der Waals surface area contributed by atoms with Crippen molar-refractivity contribution in [1.29, 1.82) is 0 Å². The van der Waals surface area contributed by atoms with Gasteiger partial charge in [0.1, 0.15) is 12.5 Å². The van der Waals surface area contributed by atoms with Gasteiger partial charge in [-0.1, -0.05) is 0 Å². The number of hydrogen-bond acceptors (Lipinski definition) is 2. The summed E-state index contributed by atoms with van der Waals surface area (Å²) in [7, 11) is 0. The topological polar surface area (TPSA) is 18.5 Å². The van der Waals surface area contributed by atoms with E-state index < -0.39 is 24.1 Å². The maximum atomic E-state index is 13.9. The van der Waals surface area contributed by atoms with Gasteiger partial charge in [-0.15, -0.1) is 0 Å². The zero-order valence-corrected chi connectivity index (χ0v) is 13.7. The molecule has 0 N–H and O–H groups in total. The molecule has 1 saturated carbocycles. The van der Waals surface area contributed by atoms with Gasteiger partial charge in [-0.2, -0.15) is 8.78 Å². The van der Waals surface area contributed by atoms with Gasteiger partial charge in [0.15, 0.2) is 11.5 Å². The van der Waals surface area contributed by atoms with Gasteiger partial charge in [-0.25, -0.2) is 8.78 Å². The predicted molar refractivity (Wildman–Crippen MR) is 83.6 cm³/mol. The van der Waals surface area contributed by atoms with Crippen molar-refractivity contribution >= 4 is 0 Å². The molecule has 0 saturated heterocycles. The van der Waals surface area contributed by atoms with Crippen LogP contribution in [0.5, 0.6) is 11.5 Å². The Hall–Kier alpha value is -1.72. The van der Waals surface area contributed by atoms with Crippen molar-refractivity contribution in [3.8, 4) is 11.5 Å². The lowest BCUT2D eigenvalue weighted by Crippen LogP contribution is -2.20. The SMILES string of the molecule is CCOc1ccc(OCC2CCC(/C=C(\F)CF)CC2)c(F)c1F. The first-order valence-corrected chi connectivity index (χ1v) is 8.20. The normalized spacial score (nSPS) is 21.6. The molecule has 0 atom stereocenters. The second kappa shape index (κ2) is 8.94. The smallest absolute Gasteiger partial charge is 0.204 e. The maximum Gasteiger partial charge on any atom is 0.204 e. The van der Waals surface area contributed by atoms with Gasteiger partial charge in [0.25, 0.3) is 0 Å². The van der Waals surface area contributed by atoms with Gasteiger partial charge in [0, 0.05) is 0 Å². The molecule has 0 aliphatic heterocycles. The Morgan fingerprint density at radius 1 is 1.08 bits per heavy atom. The van der Waals surface area contributed by atoms with Gasteiger partial charge in [0.05, 0.1) is 13.2 Å². The summed E-state index contributed by atoms with van der Waals surface area (Å²) in [6, 6.07) is 2.70. The molecular formula is C18H22F4O2. The van der Waals surface area contributed by atoms with E-state index in [1.54, 1.807) is 6.92 Å². The van der Waals surface area contributed by atoms with Gasteiger partial charge < -0.3 is 9.47 Å². The fourth-order valence-electron chi connectivity index (χ4n) is 2.92. The van der Waals surface area contributed by atoms with Crippen LogP contribution < -0.4 is 9.47 Å². The van der Waals surface area contributed by atoms with Crippen LogP contribution in [0.3, 0.4) is 0 Å². The quantitative estimate of drug-likeness (QED) is 0.618. The molecule has 0 heterocycles. The first-order valence-electron chi connectivity index (χ1n) is 8.20. The molecule has 0 aromatic heterocycles. The third kappa shape index (κ3) is 4.89. The van der Waals surface area contributed by atoms with Crippen molar-refractivity contribution in [1.82, 2.24) is 0 Å². The lowest BCUT2D eigenvalue weighted by Gasteiger charge is -2.26. The number of rotatable bonds is 7. The van der Waals surface area contributed by atoms with Gasteiger partial charge >= 0.3 is 0 Å².